The van der Waals surface area contributed by atoms with Crippen LogP contribution in [-0.2, 0) is 28.4 Å². The number of rotatable bonds is 18. The summed E-state index contributed by atoms with van der Waals surface area (Å²) in [4.78, 5) is 0. The second-order valence-electron chi connectivity index (χ2n) is 7.73. The van der Waals surface area contributed by atoms with Crippen LogP contribution in [0.5, 0.6) is 0 Å². The number of hydrogen-bond acceptors (Lipinski definition) is 7. The molecule has 1 rings (SSSR count). The fourth-order valence-corrected chi connectivity index (χ4v) is 3.94. The predicted molar refractivity (Wildman–Crippen MR) is 112 cm³/mol. The first-order valence-electron chi connectivity index (χ1n) is 11.2. The van der Waals surface area contributed by atoms with Gasteiger partial charge in [-0.1, -0.05) is 51.4 Å². The normalized spacial score (nSPS) is 27.4. The summed E-state index contributed by atoms with van der Waals surface area (Å²) in [5.74, 6) is 0. The summed E-state index contributed by atoms with van der Waals surface area (Å²) < 4.78 is 34.2. The van der Waals surface area contributed by atoms with E-state index in [-0.39, 0.29) is 24.4 Å². The highest BCUT2D eigenvalue weighted by molar-refractivity contribution is 4.92. The monoisotopic (exact) mass is 420 g/mol. The lowest BCUT2D eigenvalue weighted by atomic mass is 9.98. The zero-order chi connectivity index (χ0) is 21.3. The molecule has 0 radical (unpaired) electrons. The van der Waals surface area contributed by atoms with Gasteiger partial charge in [0.05, 0.1) is 6.61 Å². The predicted octanol–water partition coefficient (Wildman–Crippen LogP) is 3.31. The Labute approximate surface area is 177 Å². The molecule has 0 aliphatic carbocycles. The van der Waals surface area contributed by atoms with Gasteiger partial charge in [0.2, 0.25) is 0 Å². The van der Waals surface area contributed by atoms with Crippen LogP contribution in [0.15, 0.2) is 0 Å². The third-order valence-electron chi connectivity index (χ3n) is 5.57. The molecule has 0 spiro atoms. The molecule has 5 atom stereocenters. The number of hydrogen-bond donors (Lipinski definition) is 1. The van der Waals surface area contributed by atoms with Crippen molar-refractivity contribution in [2.75, 3.05) is 48.3 Å². The summed E-state index contributed by atoms with van der Waals surface area (Å²) in [7, 11) is 6.59. The molecule has 0 aromatic rings. The van der Waals surface area contributed by atoms with Crippen molar-refractivity contribution in [1.29, 1.82) is 0 Å². The molecule has 0 amide bonds. The molecule has 7 nitrogen and oxygen atoms in total. The summed E-state index contributed by atoms with van der Waals surface area (Å²) >= 11 is 0. The Balaban J connectivity index is 2.23. The van der Waals surface area contributed by atoms with E-state index in [1.807, 2.05) is 0 Å². The van der Waals surface area contributed by atoms with E-state index in [1.54, 1.807) is 28.4 Å². The number of unbranched alkanes of at least 4 members (excludes halogenated alkanes) is 9. The van der Waals surface area contributed by atoms with E-state index in [0.717, 1.165) is 25.7 Å². The van der Waals surface area contributed by atoms with Crippen LogP contribution in [-0.4, -0.2) is 84.1 Å². The van der Waals surface area contributed by atoms with Gasteiger partial charge < -0.3 is 33.5 Å². The van der Waals surface area contributed by atoms with Crippen molar-refractivity contribution in [3.63, 3.8) is 0 Å². The van der Waals surface area contributed by atoms with Crippen LogP contribution >= 0.6 is 0 Å². The molecule has 0 aromatic heterocycles. The van der Waals surface area contributed by atoms with E-state index >= 15 is 0 Å². The van der Waals surface area contributed by atoms with Gasteiger partial charge in [-0.05, 0) is 12.8 Å². The second kappa shape index (κ2) is 17.4. The summed E-state index contributed by atoms with van der Waals surface area (Å²) in [6.45, 7) is 1.37. The van der Waals surface area contributed by atoms with Crippen LogP contribution in [0.4, 0.5) is 0 Å². The largest absolute Gasteiger partial charge is 0.396 e. The van der Waals surface area contributed by atoms with Crippen molar-refractivity contribution >= 4 is 0 Å². The maximum Gasteiger partial charge on any atom is 0.186 e. The summed E-state index contributed by atoms with van der Waals surface area (Å²) in [5.41, 5.74) is 0. The van der Waals surface area contributed by atoms with Gasteiger partial charge >= 0.3 is 0 Å². The summed E-state index contributed by atoms with van der Waals surface area (Å²) in [5, 5.41) is 8.76. The highest BCUT2D eigenvalue weighted by Gasteiger charge is 2.47. The van der Waals surface area contributed by atoms with E-state index in [0.29, 0.717) is 19.8 Å². The van der Waals surface area contributed by atoms with Gasteiger partial charge in [-0.2, -0.15) is 0 Å². The molecule has 0 aromatic carbocycles. The summed E-state index contributed by atoms with van der Waals surface area (Å²) in [6, 6.07) is 0. The third kappa shape index (κ3) is 10.0. The van der Waals surface area contributed by atoms with Crippen molar-refractivity contribution in [2.24, 2.45) is 0 Å². The molecule has 1 aliphatic heterocycles. The van der Waals surface area contributed by atoms with Gasteiger partial charge in [-0.25, -0.2) is 0 Å². The molecule has 1 heterocycles. The van der Waals surface area contributed by atoms with E-state index < -0.39 is 6.29 Å². The fourth-order valence-electron chi connectivity index (χ4n) is 3.94. The van der Waals surface area contributed by atoms with Crippen molar-refractivity contribution in [3.05, 3.63) is 0 Å². The molecular weight excluding hydrogens is 376 g/mol. The van der Waals surface area contributed by atoms with Crippen LogP contribution in [0, 0.1) is 0 Å². The van der Waals surface area contributed by atoms with Gasteiger partial charge in [-0.3, -0.25) is 0 Å². The fraction of sp³-hybridized carbons (Fsp3) is 1.00. The van der Waals surface area contributed by atoms with Crippen molar-refractivity contribution in [1.82, 2.24) is 0 Å². The van der Waals surface area contributed by atoms with Gasteiger partial charge in [0.1, 0.15) is 24.4 Å². The van der Waals surface area contributed by atoms with Gasteiger partial charge in [0.15, 0.2) is 6.29 Å². The lowest BCUT2D eigenvalue weighted by Crippen LogP contribution is -2.61. The molecule has 0 saturated carbocycles. The average Bonchev–Trinajstić information content (AvgIpc) is 2.74. The number of aliphatic hydroxyl groups excluding tert-OH is 1. The van der Waals surface area contributed by atoms with Crippen LogP contribution in [0.2, 0.25) is 0 Å². The van der Waals surface area contributed by atoms with Crippen LogP contribution in [0.1, 0.15) is 64.2 Å². The lowest BCUT2D eigenvalue weighted by Gasteiger charge is -2.44. The van der Waals surface area contributed by atoms with Gasteiger partial charge in [0.25, 0.3) is 0 Å². The van der Waals surface area contributed by atoms with Gasteiger partial charge in [0, 0.05) is 41.7 Å². The molecule has 7 heteroatoms. The first-order valence-corrected chi connectivity index (χ1v) is 11.2. The molecule has 0 bridgehead atoms. The van der Waals surface area contributed by atoms with Crippen LogP contribution in [0.3, 0.4) is 0 Å². The van der Waals surface area contributed by atoms with E-state index in [4.69, 9.17) is 33.5 Å². The Morgan fingerprint density at radius 3 is 1.66 bits per heavy atom. The van der Waals surface area contributed by atoms with Crippen molar-refractivity contribution in [3.8, 4) is 0 Å². The standard InChI is InChI=1S/C22H44O7/c1-24-17-18-19(25-2)20(26-3)21(27-4)22(29-18)28-16-14-12-10-8-6-5-7-9-11-13-15-23/h18-23H,5-17H2,1-4H3/t18-,19-,20+,21-,22-/m1/s1. The smallest absolute Gasteiger partial charge is 0.186 e. The zero-order valence-electron chi connectivity index (χ0n) is 19.0. The summed E-state index contributed by atoms with van der Waals surface area (Å²) in [6.07, 6.45) is 10.3. The number of aliphatic hydroxyl groups is 1. The Hall–Kier alpha value is -0.280. The van der Waals surface area contributed by atoms with Crippen LogP contribution < -0.4 is 0 Å². The van der Waals surface area contributed by atoms with Crippen molar-refractivity contribution in [2.45, 2.75) is 94.9 Å². The molecule has 1 aliphatic rings. The Morgan fingerprint density at radius 2 is 1.17 bits per heavy atom. The minimum Gasteiger partial charge on any atom is -0.396 e. The molecule has 1 N–H and O–H groups in total. The van der Waals surface area contributed by atoms with E-state index in [9.17, 15) is 0 Å². The quantitative estimate of drug-likeness (QED) is 0.341. The van der Waals surface area contributed by atoms with Crippen LogP contribution in [0.25, 0.3) is 0 Å². The molecule has 0 unspecified atom stereocenters. The first-order chi connectivity index (χ1) is 14.2. The van der Waals surface area contributed by atoms with Gasteiger partial charge in [-0.15, -0.1) is 0 Å². The maximum absolute atomic E-state index is 8.76. The highest BCUT2D eigenvalue weighted by atomic mass is 16.7. The minimum atomic E-state index is -0.490. The third-order valence-corrected chi connectivity index (χ3v) is 5.57. The van der Waals surface area contributed by atoms with E-state index in [1.165, 1.54) is 38.5 Å². The minimum absolute atomic E-state index is 0.260. The topological polar surface area (TPSA) is 75.6 Å². The van der Waals surface area contributed by atoms with E-state index in [2.05, 4.69) is 0 Å². The number of methoxy groups -OCH3 is 4. The Bertz CT molecular complexity index is 369. The lowest BCUT2D eigenvalue weighted by molar-refractivity contribution is -0.313. The molecular formula is C22H44O7. The Morgan fingerprint density at radius 1 is 0.655 bits per heavy atom. The first kappa shape index (κ1) is 26.8. The molecule has 174 valence electrons. The SMILES string of the molecule is COC[C@H]1O[C@@H](OCCCCCCCCCCCCO)[C@H](OC)[C@@H](OC)[C@@H]1OC. The number of ether oxygens (including phenoxy) is 6. The molecule has 1 saturated heterocycles. The highest BCUT2D eigenvalue weighted by Crippen LogP contribution is 2.28. The Kier molecular flexibility index (Phi) is 16.1. The average molecular weight is 421 g/mol. The zero-order valence-corrected chi connectivity index (χ0v) is 19.0. The molecule has 29 heavy (non-hydrogen) atoms. The molecule has 1 fully saturated rings. The van der Waals surface area contributed by atoms with Crippen molar-refractivity contribution < 1.29 is 33.5 Å². The maximum atomic E-state index is 8.76. The second-order valence-corrected chi connectivity index (χ2v) is 7.73.